The number of carbonyl (C=O) groups excluding carboxylic acids is 2. The van der Waals surface area contributed by atoms with Gasteiger partial charge in [0.1, 0.15) is 17.7 Å². The second-order valence-corrected chi connectivity index (χ2v) is 11.3. The number of carbonyl (C=O) groups is 2. The van der Waals surface area contributed by atoms with Crippen LogP contribution in [0.2, 0.25) is 0 Å². The van der Waals surface area contributed by atoms with Crippen LogP contribution in [0.4, 0.5) is 25.0 Å². The van der Waals surface area contributed by atoms with Crippen molar-refractivity contribution in [2.24, 2.45) is 0 Å². The molecular formula is C25H24F2N6O4S3. The molecule has 10 nitrogen and oxygen atoms in total. The summed E-state index contributed by atoms with van der Waals surface area (Å²) in [5, 5.41) is 2.37. The number of hydrogen-bond donors (Lipinski definition) is 2. The largest absolute Gasteiger partial charge is 0.330 e. The van der Waals surface area contributed by atoms with Crippen LogP contribution in [-0.2, 0) is 27.8 Å². The van der Waals surface area contributed by atoms with Crippen LogP contribution in [-0.4, -0.2) is 50.0 Å². The molecule has 0 aliphatic carbocycles. The van der Waals surface area contributed by atoms with Gasteiger partial charge in [0.2, 0.25) is 5.91 Å². The number of likely N-dealkylation sites (N-methyl/N-ethyl adjacent to an activating group) is 1. The van der Waals surface area contributed by atoms with E-state index < -0.39 is 39.8 Å². The van der Waals surface area contributed by atoms with Crippen LogP contribution < -0.4 is 19.2 Å². The van der Waals surface area contributed by atoms with Gasteiger partial charge in [0.15, 0.2) is 0 Å². The molecular weight excluding hydrogens is 583 g/mol. The Balaban J connectivity index is 0.00000370. The first-order chi connectivity index (χ1) is 18.6. The Kier molecular flexibility index (Phi) is 8.56. The molecule has 3 heterocycles. The highest BCUT2D eigenvalue weighted by molar-refractivity contribution is 7.91. The molecule has 0 spiro atoms. The zero-order valence-electron chi connectivity index (χ0n) is 21.0. The van der Waals surface area contributed by atoms with Gasteiger partial charge >= 0.3 is 16.2 Å². The monoisotopic (exact) mass is 606 g/mol. The summed E-state index contributed by atoms with van der Waals surface area (Å²) in [6.45, 7) is 0.108. The number of anilines is 2. The number of fused-ring (bicyclic) bond motifs is 2. The van der Waals surface area contributed by atoms with Gasteiger partial charge in [-0.3, -0.25) is 14.1 Å². The number of nitrogens with zero attached hydrogens (tertiary/aromatic N) is 4. The van der Waals surface area contributed by atoms with E-state index in [-0.39, 0.29) is 32.0 Å². The molecule has 2 aromatic carbocycles. The van der Waals surface area contributed by atoms with E-state index in [1.54, 1.807) is 36.0 Å². The summed E-state index contributed by atoms with van der Waals surface area (Å²) in [5.41, 5.74) is 3.99. The smallest absolute Gasteiger partial charge is 0.325 e. The molecule has 0 radical (unpaired) electrons. The zero-order valence-corrected chi connectivity index (χ0v) is 23.6. The van der Waals surface area contributed by atoms with Crippen molar-refractivity contribution in [1.29, 1.82) is 0 Å². The quantitative estimate of drug-likeness (QED) is 0.333. The minimum absolute atomic E-state index is 0. The van der Waals surface area contributed by atoms with E-state index in [0.29, 0.717) is 29.4 Å². The molecule has 15 heteroatoms. The number of hydrogen-bond acceptors (Lipinski definition) is 7. The van der Waals surface area contributed by atoms with Crippen LogP contribution in [0.25, 0.3) is 10.2 Å². The second-order valence-electron chi connectivity index (χ2n) is 8.84. The van der Waals surface area contributed by atoms with Gasteiger partial charge in [-0.1, -0.05) is 0 Å². The molecule has 1 aliphatic rings. The molecule has 0 saturated heterocycles. The van der Waals surface area contributed by atoms with Crippen LogP contribution in [0.5, 0.6) is 0 Å². The highest BCUT2D eigenvalue weighted by Gasteiger charge is 2.33. The summed E-state index contributed by atoms with van der Waals surface area (Å²) in [7, 11) is -2.87. The maximum Gasteiger partial charge on any atom is 0.330 e. The normalized spacial score (nSPS) is 13.3. The number of pyridine rings is 1. The van der Waals surface area contributed by atoms with E-state index in [1.165, 1.54) is 29.5 Å². The van der Waals surface area contributed by atoms with Crippen LogP contribution >= 0.6 is 24.8 Å². The predicted octanol–water partition coefficient (Wildman–Crippen LogP) is 3.26. The summed E-state index contributed by atoms with van der Waals surface area (Å²) < 4.78 is 57.6. The van der Waals surface area contributed by atoms with E-state index in [2.05, 4.69) is 15.3 Å². The first kappa shape index (κ1) is 29.2. The van der Waals surface area contributed by atoms with Crippen molar-refractivity contribution in [2.75, 3.05) is 22.8 Å². The molecule has 4 aromatic rings. The number of nitrogens with one attached hydrogen (secondary N) is 2. The van der Waals surface area contributed by atoms with E-state index in [9.17, 15) is 26.8 Å². The van der Waals surface area contributed by atoms with Crippen LogP contribution in [0.3, 0.4) is 0 Å². The van der Waals surface area contributed by atoms with E-state index in [1.807, 2.05) is 4.72 Å². The zero-order chi connectivity index (χ0) is 27.7. The van der Waals surface area contributed by atoms with E-state index in [4.69, 9.17) is 0 Å². The molecule has 0 saturated carbocycles. The Morgan fingerprint density at radius 1 is 1.15 bits per heavy atom. The molecule has 40 heavy (non-hydrogen) atoms. The van der Waals surface area contributed by atoms with Gasteiger partial charge in [0.05, 0.1) is 27.6 Å². The summed E-state index contributed by atoms with van der Waals surface area (Å²) >= 11 is 1.43. The van der Waals surface area contributed by atoms with E-state index >= 15 is 0 Å². The maximum absolute atomic E-state index is 13.9. The molecule has 5 rings (SSSR count). The van der Waals surface area contributed by atoms with Gasteiger partial charge in [0, 0.05) is 38.0 Å². The van der Waals surface area contributed by atoms with Crippen molar-refractivity contribution >= 4 is 68.6 Å². The average Bonchev–Trinajstić information content (AvgIpc) is 3.53. The van der Waals surface area contributed by atoms with Crippen LogP contribution in [0.15, 0.2) is 60.4 Å². The SMILES string of the molecule is CN(C(=O)[C@H](Cc1cc(F)cc(F)c1)NC(=O)NS(=O)(=O)N1CCc2ccncc21)c1ccc2scnc2c1.S. The standard InChI is InChI=1S/C25H22F2N6O4S2.H2S/c1-32(19-2-3-23-20(12-19)29-14-38-23)24(34)21(10-15-8-17(26)11-18(27)9-15)30-25(35)31-39(36,37)33-7-5-16-4-6-28-13-22(16)33;/h2-4,6,8-9,11-14,21H,5,7,10H2,1H3,(H2,30,31,35);1H2/t21-;/m0./s1. The summed E-state index contributed by atoms with van der Waals surface area (Å²) in [6.07, 6.45) is 3.07. The molecule has 2 aromatic heterocycles. The Morgan fingerprint density at radius 2 is 1.90 bits per heavy atom. The highest BCUT2D eigenvalue weighted by Crippen LogP contribution is 2.28. The Morgan fingerprint density at radius 3 is 2.65 bits per heavy atom. The van der Waals surface area contributed by atoms with Crippen molar-refractivity contribution in [3.8, 4) is 0 Å². The maximum atomic E-state index is 13.9. The first-order valence-corrected chi connectivity index (χ1v) is 14.0. The first-order valence-electron chi connectivity index (χ1n) is 11.7. The number of benzene rings is 2. The molecule has 210 valence electrons. The highest BCUT2D eigenvalue weighted by atomic mass is 32.2. The molecule has 1 atom stereocenters. The Bertz CT molecular complexity index is 1660. The van der Waals surface area contributed by atoms with Gasteiger partial charge < -0.3 is 10.2 Å². The second kappa shape index (κ2) is 11.7. The molecule has 0 unspecified atom stereocenters. The van der Waals surface area contributed by atoms with Crippen molar-refractivity contribution < 1.29 is 26.8 Å². The fraction of sp³-hybridized carbons (Fsp3) is 0.200. The number of halogens is 2. The van der Waals surface area contributed by atoms with Gasteiger partial charge in [-0.15, -0.1) is 11.3 Å². The van der Waals surface area contributed by atoms with Gasteiger partial charge in [-0.2, -0.15) is 21.9 Å². The number of amides is 3. The fourth-order valence-corrected chi connectivity index (χ4v) is 6.20. The molecule has 2 N–H and O–H groups in total. The molecule has 0 bridgehead atoms. The third-order valence-electron chi connectivity index (χ3n) is 6.25. The van der Waals surface area contributed by atoms with Gasteiger partial charge in [0.25, 0.3) is 0 Å². The molecule has 1 aliphatic heterocycles. The number of rotatable bonds is 7. The summed E-state index contributed by atoms with van der Waals surface area (Å²) in [5.74, 6) is -2.35. The lowest BCUT2D eigenvalue weighted by Crippen LogP contribution is -2.54. The van der Waals surface area contributed by atoms with Gasteiger partial charge in [-0.05, 0) is 53.9 Å². The van der Waals surface area contributed by atoms with Crippen molar-refractivity contribution in [3.63, 3.8) is 0 Å². The average molecular weight is 607 g/mol. The number of aromatic nitrogens is 2. The number of urea groups is 1. The lowest BCUT2D eigenvalue weighted by molar-refractivity contribution is -0.120. The lowest BCUT2D eigenvalue weighted by atomic mass is 10.0. The Labute approximate surface area is 239 Å². The third-order valence-corrected chi connectivity index (χ3v) is 8.46. The fourth-order valence-electron chi connectivity index (χ4n) is 4.38. The molecule has 0 fully saturated rings. The van der Waals surface area contributed by atoms with Gasteiger partial charge in [-0.25, -0.2) is 23.3 Å². The number of thiazole rings is 1. The van der Waals surface area contributed by atoms with Crippen LogP contribution in [0, 0.1) is 11.6 Å². The minimum Gasteiger partial charge on any atom is -0.325 e. The predicted molar refractivity (Wildman–Crippen MR) is 153 cm³/mol. The topological polar surface area (TPSA) is 125 Å². The third kappa shape index (κ3) is 6.16. The summed E-state index contributed by atoms with van der Waals surface area (Å²) in [4.78, 5) is 35.9. The van der Waals surface area contributed by atoms with Crippen LogP contribution in [0.1, 0.15) is 11.1 Å². The Hall–Kier alpha value is -3.82. The van der Waals surface area contributed by atoms with Crippen molar-refractivity contribution in [2.45, 2.75) is 18.9 Å². The van der Waals surface area contributed by atoms with Crippen molar-refractivity contribution in [1.82, 2.24) is 20.0 Å². The molecule has 3 amide bonds. The van der Waals surface area contributed by atoms with E-state index in [0.717, 1.165) is 26.7 Å². The minimum atomic E-state index is -4.34. The lowest BCUT2D eigenvalue weighted by Gasteiger charge is -2.26. The summed E-state index contributed by atoms with van der Waals surface area (Å²) in [6, 6.07) is 7.08. The van der Waals surface area contributed by atoms with Crippen molar-refractivity contribution in [3.05, 3.63) is 83.1 Å².